The number of halogens is 1. The number of rotatable bonds is 9. The van der Waals surface area contributed by atoms with Crippen molar-refractivity contribution < 1.29 is 18.4 Å². The van der Waals surface area contributed by atoms with Crippen LogP contribution in [0.3, 0.4) is 0 Å². The van der Waals surface area contributed by atoms with E-state index in [9.17, 15) is 4.39 Å². The van der Waals surface area contributed by atoms with Gasteiger partial charge >= 0.3 is 0 Å². The number of thioether (sulfide) groups is 1. The van der Waals surface area contributed by atoms with Crippen molar-refractivity contribution in [1.82, 2.24) is 29.8 Å². The average molecular weight is 497 g/mol. The van der Waals surface area contributed by atoms with Gasteiger partial charge in [0, 0.05) is 37.3 Å². The SMILES string of the molecule is COc1ccc(-c2nc(CSc3nnc(-c4ccc(F)cc4)n3CCN3CCOCC3)no2)cc1. The van der Waals surface area contributed by atoms with Crippen LogP contribution in [0.4, 0.5) is 4.39 Å². The lowest BCUT2D eigenvalue weighted by molar-refractivity contribution is 0.0361. The molecule has 0 aliphatic carbocycles. The molecule has 11 heteroatoms. The Kier molecular flexibility index (Phi) is 7.36. The molecule has 0 spiro atoms. The van der Waals surface area contributed by atoms with E-state index in [1.54, 1.807) is 19.2 Å². The van der Waals surface area contributed by atoms with Gasteiger partial charge in [-0.25, -0.2) is 4.39 Å². The van der Waals surface area contributed by atoms with Crippen molar-refractivity contribution >= 4 is 11.8 Å². The Hall–Kier alpha value is -3.28. The van der Waals surface area contributed by atoms with Crippen LogP contribution < -0.4 is 4.74 Å². The Morgan fingerprint density at radius 2 is 1.71 bits per heavy atom. The molecular weight excluding hydrogens is 471 g/mol. The van der Waals surface area contributed by atoms with Gasteiger partial charge in [-0.05, 0) is 48.5 Å². The normalized spacial score (nSPS) is 14.3. The first-order valence-electron chi connectivity index (χ1n) is 11.3. The van der Waals surface area contributed by atoms with Crippen LogP contribution in [-0.4, -0.2) is 69.8 Å². The highest BCUT2D eigenvalue weighted by Gasteiger charge is 2.18. The molecule has 1 aliphatic heterocycles. The van der Waals surface area contributed by atoms with Gasteiger partial charge in [-0.3, -0.25) is 4.90 Å². The Balaban J connectivity index is 1.32. The summed E-state index contributed by atoms with van der Waals surface area (Å²) in [6.45, 7) is 4.81. The number of ether oxygens (including phenoxy) is 2. The van der Waals surface area contributed by atoms with E-state index in [4.69, 9.17) is 14.0 Å². The molecule has 0 bridgehead atoms. The maximum Gasteiger partial charge on any atom is 0.257 e. The van der Waals surface area contributed by atoms with E-state index in [0.717, 1.165) is 54.9 Å². The molecule has 0 radical (unpaired) electrons. The van der Waals surface area contributed by atoms with Crippen LogP contribution in [-0.2, 0) is 17.0 Å². The number of benzene rings is 2. The quantitative estimate of drug-likeness (QED) is 0.321. The molecule has 1 fully saturated rings. The molecule has 0 N–H and O–H groups in total. The first-order valence-corrected chi connectivity index (χ1v) is 12.3. The maximum atomic E-state index is 13.5. The summed E-state index contributed by atoms with van der Waals surface area (Å²) < 4.78 is 31.6. The molecule has 0 atom stereocenters. The lowest BCUT2D eigenvalue weighted by Crippen LogP contribution is -2.38. The van der Waals surface area contributed by atoms with Crippen LogP contribution in [0.2, 0.25) is 0 Å². The van der Waals surface area contributed by atoms with Crippen LogP contribution in [0.25, 0.3) is 22.8 Å². The lowest BCUT2D eigenvalue weighted by atomic mass is 10.2. The van der Waals surface area contributed by atoms with Crippen molar-refractivity contribution in [2.75, 3.05) is 40.0 Å². The van der Waals surface area contributed by atoms with Gasteiger partial charge in [0.15, 0.2) is 16.8 Å². The minimum atomic E-state index is -0.285. The van der Waals surface area contributed by atoms with Crippen LogP contribution in [0.1, 0.15) is 5.82 Å². The predicted octanol–water partition coefficient (Wildman–Crippen LogP) is 3.77. The minimum Gasteiger partial charge on any atom is -0.497 e. The smallest absolute Gasteiger partial charge is 0.257 e. The van der Waals surface area contributed by atoms with Crippen molar-refractivity contribution in [3.63, 3.8) is 0 Å². The summed E-state index contributed by atoms with van der Waals surface area (Å²) >= 11 is 1.49. The second-order valence-corrected chi connectivity index (χ2v) is 8.89. The zero-order valence-electron chi connectivity index (χ0n) is 19.3. The molecule has 4 aromatic rings. The topological polar surface area (TPSA) is 91.3 Å². The minimum absolute atomic E-state index is 0.285. The summed E-state index contributed by atoms with van der Waals surface area (Å²) in [4.78, 5) is 6.87. The molecule has 35 heavy (non-hydrogen) atoms. The summed E-state index contributed by atoms with van der Waals surface area (Å²) in [5.74, 6) is 2.66. The molecule has 0 unspecified atom stereocenters. The number of nitrogens with zero attached hydrogens (tertiary/aromatic N) is 6. The van der Waals surface area contributed by atoms with Crippen molar-refractivity contribution in [2.24, 2.45) is 0 Å². The summed E-state index contributed by atoms with van der Waals surface area (Å²) in [7, 11) is 1.62. The maximum absolute atomic E-state index is 13.5. The molecule has 182 valence electrons. The van der Waals surface area contributed by atoms with Gasteiger partial charge in [-0.15, -0.1) is 10.2 Å². The second-order valence-electron chi connectivity index (χ2n) is 7.95. The zero-order chi connectivity index (χ0) is 24.0. The Bertz CT molecular complexity index is 1240. The van der Waals surface area contributed by atoms with E-state index in [1.165, 1.54) is 23.9 Å². The van der Waals surface area contributed by atoms with E-state index in [-0.39, 0.29) is 5.82 Å². The van der Waals surface area contributed by atoms with Gasteiger partial charge < -0.3 is 18.6 Å². The standard InChI is InChI=1S/C24H25FN6O3S/c1-32-20-8-4-18(5-9-20)23-26-21(29-34-23)16-35-24-28-27-22(17-2-6-19(25)7-3-17)31(24)11-10-30-12-14-33-15-13-30/h2-9H,10-16H2,1H3. The van der Waals surface area contributed by atoms with Gasteiger partial charge in [0.25, 0.3) is 5.89 Å². The monoisotopic (exact) mass is 496 g/mol. The summed E-state index contributed by atoms with van der Waals surface area (Å²) in [5.41, 5.74) is 1.64. The van der Waals surface area contributed by atoms with Crippen LogP contribution in [0, 0.1) is 5.82 Å². The summed E-state index contributed by atoms with van der Waals surface area (Å²) in [6, 6.07) is 13.8. The van der Waals surface area contributed by atoms with Gasteiger partial charge in [-0.1, -0.05) is 16.9 Å². The zero-order valence-corrected chi connectivity index (χ0v) is 20.1. The average Bonchev–Trinajstić information content (AvgIpc) is 3.54. The highest BCUT2D eigenvalue weighted by molar-refractivity contribution is 7.98. The molecule has 1 saturated heterocycles. The molecule has 2 aromatic heterocycles. The fraction of sp³-hybridized carbons (Fsp3) is 0.333. The number of hydrogen-bond donors (Lipinski definition) is 0. The Labute approximate surface area is 206 Å². The largest absolute Gasteiger partial charge is 0.497 e. The van der Waals surface area contributed by atoms with Crippen molar-refractivity contribution in [1.29, 1.82) is 0 Å². The van der Waals surface area contributed by atoms with Gasteiger partial charge in [0.05, 0.1) is 26.1 Å². The molecule has 1 aliphatic rings. The number of morpholine rings is 1. The van der Waals surface area contributed by atoms with Crippen molar-refractivity contribution in [3.8, 4) is 28.6 Å². The van der Waals surface area contributed by atoms with E-state index in [1.807, 2.05) is 24.3 Å². The van der Waals surface area contributed by atoms with E-state index in [0.29, 0.717) is 29.8 Å². The molecule has 2 aromatic carbocycles. The van der Waals surface area contributed by atoms with E-state index >= 15 is 0 Å². The Morgan fingerprint density at radius 1 is 0.971 bits per heavy atom. The number of aromatic nitrogens is 5. The fourth-order valence-corrected chi connectivity index (χ4v) is 4.58. The van der Waals surface area contributed by atoms with E-state index < -0.39 is 0 Å². The van der Waals surface area contributed by atoms with Crippen LogP contribution >= 0.6 is 11.8 Å². The molecule has 5 rings (SSSR count). The molecular formula is C24H25FN6O3S. The third-order valence-electron chi connectivity index (χ3n) is 5.70. The Morgan fingerprint density at radius 3 is 2.46 bits per heavy atom. The second kappa shape index (κ2) is 11.0. The molecule has 0 amide bonds. The highest BCUT2D eigenvalue weighted by atomic mass is 32.2. The van der Waals surface area contributed by atoms with Gasteiger partial charge in [0.2, 0.25) is 0 Å². The van der Waals surface area contributed by atoms with Crippen LogP contribution in [0.5, 0.6) is 5.75 Å². The van der Waals surface area contributed by atoms with Crippen molar-refractivity contribution in [3.05, 3.63) is 60.2 Å². The van der Waals surface area contributed by atoms with Crippen LogP contribution in [0.15, 0.2) is 58.2 Å². The molecule has 0 saturated carbocycles. The first-order chi connectivity index (χ1) is 17.2. The predicted molar refractivity (Wildman–Crippen MR) is 129 cm³/mol. The lowest BCUT2D eigenvalue weighted by Gasteiger charge is -2.27. The third kappa shape index (κ3) is 5.69. The van der Waals surface area contributed by atoms with Gasteiger partial charge in [0.1, 0.15) is 11.6 Å². The summed E-state index contributed by atoms with van der Waals surface area (Å²) in [5, 5.41) is 13.7. The third-order valence-corrected chi connectivity index (χ3v) is 6.66. The van der Waals surface area contributed by atoms with Gasteiger partial charge in [-0.2, -0.15) is 4.98 Å². The highest BCUT2D eigenvalue weighted by Crippen LogP contribution is 2.27. The van der Waals surface area contributed by atoms with E-state index in [2.05, 4.69) is 29.8 Å². The number of methoxy groups -OCH3 is 1. The first kappa shape index (κ1) is 23.5. The van der Waals surface area contributed by atoms with Crippen molar-refractivity contribution in [2.45, 2.75) is 17.5 Å². The summed E-state index contributed by atoms with van der Waals surface area (Å²) in [6.07, 6.45) is 0. The molecule has 9 nitrogen and oxygen atoms in total. The fourth-order valence-electron chi connectivity index (χ4n) is 3.77. The number of hydrogen-bond acceptors (Lipinski definition) is 9. The molecule has 3 heterocycles.